The standard InChI is InChI=1S/C14H25N5O7S/c1-6(11(22)18-8(4-20)14(25)26)17-13(24)9(5-27)19-12(23)7(15)2-3-10(16)21/h6-9,20,27H,2-5,15H2,1H3,(H2,16,21)(H,17,24)(H,18,22)(H,19,23)(H,25,26). The van der Waals surface area contributed by atoms with Gasteiger partial charge in [-0.2, -0.15) is 12.6 Å². The Labute approximate surface area is 160 Å². The molecular weight excluding hydrogens is 382 g/mol. The van der Waals surface area contributed by atoms with Crippen molar-refractivity contribution in [3.8, 4) is 0 Å². The zero-order valence-corrected chi connectivity index (χ0v) is 15.6. The lowest BCUT2D eigenvalue weighted by atomic mass is 10.1. The molecule has 4 atom stereocenters. The Morgan fingerprint density at radius 3 is 2.00 bits per heavy atom. The van der Waals surface area contributed by atoms with E-state index in [4.69, 9.17) is 21.7 Å². The summed E-state index contributed by atoms with van der Waals surface area (Å²) < 4.78 is 0. The van der Waals surface area contributed by atoms with Crippen LogP contribution in [-0.2, 0) is 24.0 Å². The molecule has 27 heavy (non-hydrogen) atoms. The van der Waals surface area contributed by atoms with Gasteiger partial charge in [-0.15, -0.1) is 0 Å². The number of hydrogen-bond donors (Lipinski definition) is 8. The Balaban J connectivity index is 4.69. The van der Waals surface area contributed by atoms with E-state index in [1.807, 2.05) is 5.32 Å². The van der Waals surface area contributed by atoms with Crippen LogP contribution in [0, 0.1) is 0 Å². The van der Waals surface area contributed by atoms with E-state index in [2.05, 4.69) is 23.3 Å². The number of carbonyl (C=O) groups is 5. The second-order valence-corrected chi connectivity index (χ2v) is 6.03. The van der Waals surface area contributed by atoms with E-state index in [0.29, 0.717) is 0 Å². The lowest BCUT2D eigenvalue weighted by Gasteiger charge is -2.22. The number of amides is 4. The number of aliphatic hydroxyl groups is 1. The van der Waals surface area contributed by atoms with Crippen molar-refractivity contribution in [3.05, 3.63) is 0 Å². The molecule has 0 aromatic heterocycles. The Hall–Kier alpha value is -2.38. The van der Waals surface area contributed by atoms with Gasteiger partial charge in [0.15, 0.2) is 0 Å². The van der Waals surface area contributed by atoms with Gasteiger partial charge in [0.25, 0.3) is 0 Å². The van der Waals surface area contributed by atoms with Crippen LogP contribution in [0.1, 0.15) is 19.8 Å². The highest BCUT2D eigenvalue weighted by molar-refractivity contribution is 7.80. The van der Waals surface area contributed by atoms with Crippen LogP contribution >= 0.6 is 12.6 Å². The van der Waals surface area contributed by atoms with Gasteiger partial charge in [-0.1, -0.05) is 0 Å². The van der Waals surface area contributed by atoms with Crippen molar-refractivity contribution in [2.75, 3.05) is 12.4 Å². The van der Waals surface area contributed by atoms with Crippen LogP contribution in [0.15, 0.2) is 0 Å². The maximum Gasteiger partial charge on any atom is 0.328 e. The predicted octanol–water partition coefficient (Wildman–Crippen LogP) is -3.94. The third kappa shape index (κ3) is 9.21. The van der Waals surface area contributed by atoms with Crippen LogP contribution < -0.4 is 27.4 Å². The molecule has 0 rings (SSSR count). The molecule has 12 nitrogen and oxygen atoms in total. The predicted molar refractivity (Wildman–Crippen MR) is 96.4 cm³/mol. The van der Waals surface area contributed by atoms with Crippen molar-refractivity contribution < 1.29 is 34.2 Å². The molecule has 13 heteroatoms. The fourth-order valence-corrected chi connectivity index (χ4v) is 2.02. The summed E-state index contributed by atoms with van der Waals surface area (Å²) >= 11 is 3.95. The molecule has 4 unspecified atom stereocenters. The number of carboxylic acid groups (broad SMARTS) is 1. The van der Waals surface area contributed by atoms with Crippen LogP contribution in [-0.4, -0.2) is 76.3 Å². The molecule has 0 saturated carbocycles. The van der Waals surface area contributed by atoms with Gasteiger partial charge in [-0.3, -0.25) is 19.2 Å². The zero-order chi connectivity index (χ0) is 21.1. The summed E-state index contributed by atoms with van der Waals surface area (Å²) in [6.07, 6.45) is -0.0995. The number of rotatable bonds is 12. The van der Waals surface area contributed by atoms with Gasteiger partial charge in [0, 0.05) is 12.2 Å². The average molecular weight is 407 g/mol. The normalized spacial score (nSPS) is 15.0. The van der Waals surface area contributed by atoms with E-state index >= 15 is 0 Å². The number of hydrogen-bond acceptors (Lipinski definition) is 8. The van der Waals surface area contributed by atoms with Crippen molar-refractivity contribution >= 4 is 42.2 Å². The quantitative estimate of drug-likeness (QED) is 0.149. The highest BCUT2D eigenvalue weighted by Crippen LogP contribution is 1.98. The smallest absolute Gasteiger partial charge is 0.328 e. The summed E-state index contributed by atoms with van der Waals surface area (Å²) in [6, 6.07) is -4.84. The van der Waals surface area contributed by atoms with Gasteiger partial charge in [0.2, 0.25) is 23.6 Å². The molecule has 0 aliphatic carbocycles. The molecule has 0 bridgehead atoms. The first-order valence-corrected chi connectivity index (χ1v) is 8.56. The molecule has 0 aliphatic rings. The van der Waals surface area contributed by atoms with Crippen LogP contribution in [0.2, 0.25) is 0 Å². The van der Waals surface area contributed by atoms with Crippen molar-refractivity contribution in [2.45, 2.75) is 43.9 Å². The van der Waals surface area contributed by atoms with E-state index in [0.717, 1.165) is 0 Å². The molecular formula is C14H25N5O7S. The minimum absolute atomic E-state index is 0.00137. The van der Waals surface area contributed by atoms with Crippen LogP contribution in [0.4, 0.5) is 0 Å². The minimum atomic E-state index is -1.51. The van der Waals surface area contributed by atoms with Gasteiger partial charge in [0.05, 0.1) is 12.6 Å². The highest BCUT2D eigenvalue weighted by atomic mass is 32.1. The number of aliphatic hydroxyl groups excluding tert-OH is 1. The number of nitrogens with one attached hydrogen (secondary N) is 3. The number of carboxylic acids is 1. The van der Waals surface area contributed by atoms with Gasteiger partial charge >= 0.3 is 5.97 Å². The molecule has 0 aromatic rings. The Morgan fingerprint density at radius 2 is 1.56 bits per heavy atom. The van der Waals surface area contributed by atoms with Gasteiger partial charge in [0.1, 0.15) is 18.1 Å². The van der Waals surface area contributed by atoms with Crippen molar-refractivity contribution in [1.82, 2.24) is 16.0 Å². The monoisotopic (exact) mass is 407 g/mol. The third-order valence-electron chi connectivity index (χ3n) is 3.40. The molecule has 0 saturated heterocycles. The number of nitrogens with two attached hydrogens (primary N) is 2. The Morgan fingerprint density at radius 1 is 1.00 bits per heavy atom. The summed E-state index contributed by atoms with van der Waals surface area (Å²) in [4.78, 5) is 57.5. The molecule has 0 fully saturated rings. The maximum absolute atomic E-state index is 12.2. The first-order chi connectivity index (χ1) is 12.5. The fourth-order valence-electron chi connectivity index (χ4n) is 1.76. The Kier molecular flexibility index (Phi) is 11.0. The van der Waals surface area contributed by atoms with Crippen LogP contribution in [0.5, 0.6) is 0 Å². The minimum Gasteiger partial charge on any atom is -0.480 e. The first kappa shape index (κ1) is 24.6. The summed E-state index contributed by atoms with van der Waals surface area (Å²) in [5, 5.41) is 24.3. The van der Waals surface area contributed by atoms with E-state index in [-0.39, 0.29) is 18.6 Å². The van der Waals surface area contributed by atoms with Crippen molar-refractivity contribution in [1.29, 1.82) is 0 Å². The van der Waals surface area contributed by atoms with E-state index in [9.17, 15) is 24.0 Å². The molecule has 9 N–H and O–H groups in total. The average Bonchev–Trinajstić information content (AvgIpc) is 2.60. The summed E-state index contributed by atoms with van der Waals surface area (Å²) in [7, 11) is 0. The van der Waals surface area contributed by atoms with Crippen LogP contribution in [0.25, 0.3) is 0 Å². The second-order valence-electron chi connectivity index (χ2n) is 5.67. The number of primary amides is 1. The topological polar surface area (TPSA) is 214 Å². The Bertz CT molecular complexity index is 574. The maximum atomic E-state index is 12.2. The summed E-state index contributed by atoms with van der Waals surface area (Å²) in [5.74, 6) is -4.46. The lowest BCUT2D eigenvalue weighted by Crippen LogP contribution is -2.57. The van der Waals surface area contributed by atoms with Gasteiger partial charge in [-0.25, -0.2) is 4.79 Å². The van der Waals surface area contributed by atoms with Crippen LogP contribution in [0.3, 0.4) is 0 Å². The van der Waals surface area contributed by atoms with Crippen molar-refractivity contribution in [2.24, 2.45) is 11.5 Å². The second kappa shape index (κ2) is 12.1. The lowest BCUT2D eigenvalue weighted by molar-refractivity contribution is -0.143. The van der Waals surface area contributed by atoms with E-state index in [1.54, 1.807) is 0 Å². The molecule has 4 amide bonds. The van der Waals surface area contributed by atoms with E-state index < -0.39 is 60.4 Å². The molecule has 0 radical (unpaired) electrons. The molecule has 154 valence electrons. The number of aliphatic carboxylic acids is 1. The molecule has 0 heterocycles. The first-order valence-electron chi connectivity index (χ1n) is 7.93. The summed E-state index contributed by atoms with van der Waals surface area (Å²) in [5.41, 5.74) is 10.6. The fraction of sp³-hybridized carbons (Fsp3) is 0.643. The molecule has 0 aliphatic heterocycles. The third-order valence-corrected chi connectivity index (χ3v) is 3.77. The van der Waals surface area contributed by atoms with Gasteiger partial charge in [-0.05, 0) is 13.3 Å². The number of carbonyl (C=O) groups excluding carboxylic acids is 4. The highest BCUT2D eigenvalue weighted by Gasteiger charge is 2.27. The van der Waals surface area contributed by atoms with Gasteiger partial charge < -0.3 is 37.6 Å². The SMILES string of the molecule is CC(NC(=O)C(CS)NC(=O)C(N)CCC(N)=O)C(=O)NC(CO)C(=O)O. The molecule has 0 spiro atoms. The van der Waals surface area contributed by atoms with Crippen molar-refractivity contribution in [3.63, 3.8) is 0 Å². The van der Waals surface area contributed by atoms with E-state index in [1.165, 1.54) is 6.92 Å². The largest absolute Gasteiger partial charge is 0.480 e. The zero-order valence-electron chi connectivity index (χ0n) is 14.7. The number of thiol groups is 1. The molecule has 0 aromatic carbocycles. The summed E-state index contributed by atoms with van der Waals surface area (Å²) in [6.45, 7) is 0.472.